The predicted octanol–water partition coefficient (Wildman–Crippen LogP) is 2.07. The van der Waals surface area contributed by atoms with Gasteiger partial charge in [-0.05, 0) is 46.2 Å². The summed E-state index contributed by atoms with van der Waals surface area (Å²) in [5.41, 5.74) is 0.262. The van der Waals surface area contributed by atoms with Crippen LogP contribution in [0, 0.1) is 6.92 Å². The Hall–Kier alpha value is -1.64. The number of hydrogen-bond acceptors (Lipinski definition) is 6. The molecule has 1 aromatic rings. The summed E-state index contributed by atoms with van der Waals surface area (Å²) in [6.45, 7) is 6.94. The van der Waals surface area contributed by atoms with Crippen LogP contribution in [0.3, 0.4) is 0 Å². The Morgan fingerprint density at radius 1 is 1.28 bits per heavy atom. The van der Waals surface area contributed by atoms with E-state index in [1.807, 2.05) is 6.92 Å². The van der Waals surface area contributed by atoms with Crippen molar-refractivity contribution in [3.8, 4) is 0 Å². The molecule has 0 saturated carbocycles. The molecule has 2 atom stereocenters. The molecular formula is C17H25NO6S. The van der Waals surface area contributed by atoms with Crippen LogP contribution in [-0.2, 0) is 19.0 Å². The van der Waals surface area contributed by atoms with Crippen LogP contribution in [-0.4, -0.2) is 55.4 Å². The molecule has 1 fully saturated rings. The van der Waals surface area contributed by atoms with Crippen molar-refractivity contribution in [1.29, 1.82) is 0 Å². The largest absolute Gasteiger partial charge is 0.444 e. The lowest BCUT2D eigenvalue weighted by molar-refractivity contribution is 0.0174. The lowest BCUT2D eigenvalue weighted by atomic mass is 10.2. The molecule has 1 aliphatic heterocycles. The van der Waals surface area contributed by atoms with Crippen molar-refractivity contribution in [3.05, 3.63) is 29.8 Å². The summed E-state index contributed by atoms with van der Waals surface area (Å²) in [4.78, 5) is 13.6. The van der Waals surface area contributed by atoms with Crippen LogP contribution in [0.25, 0.3) is 0 Å². The number of carbonyl (C=O) groups excluding carboxylic acids is 1. The molecule has 1 saturated heterocycles. The zero-order valence-corrected chi connectivity index (χ0v) is 15.7. The first-order chi connectivity index (χ1) is 11.5. The van der Waals surface area contributed by atoms with Gasteiger partial charge >= 0.3 is 6.09 Å². The fourth-order valence-corrected chi connectivity index (χ4v) is 3.48. The van der Waals surface area contributed by atoms with E-state index in [2.05, 4.69) is 0 Å². The number of aliphatic hydroxyl groups is 1. The first kappa shape index (κ1) is 19.7. The normalized spacial score (nSPS) is 21.4. The Morgan fingerprint density at radius 3 is 2.44 bits per heavy atom. The molecule has 25 heavy (non-hydrogen) atoms. The number of β-amino-alcohol motifs (C(OH)–C–C–N with tert-alkyl or cyclic N) is 1. The van der Waals surface area contributed by atoms with Crippen molar-refractivity contribution in [3.63, 3.8) is 0 Å². The minimum Gasteiger partial charge on any atom is -0.444 e. The van der Waals surface area contributed by atoms with Gasteiger partial charge in [-0.25, -0.2) is 4.79 Å². The van der Waals surface area contributed by atoms with E-state index in [9.17, 15) is 18.3 Å². The van der Waals surface area contributed by atoms with Crippen molar-refractivity contribution in [2.75, 3.05) is 13.2 Å². The third kappa shape index (κ3) is 5.42. The lowest BCUT2D eigenvalue weighted by Crippen LogP contribution is -2.42. The topological polar surface area (TPSA) is 93.1 Å². The fourth-order valence-electron chi connectivity index (χ4n) is 2.54. The average Bonchev–Trinajstić information content (AvgIpc) is 2.85. The van der Waals surface area contributed by atoms with E-state index >= 15 is 0 Å². The third-order valence-corrected chi connectivity index (χ3v) is 5.04. The molecule has 0 bridgehead atoms. The second-order valence-corrected chi connectivity index (χ2v) is 8.84. The molecule has 2 rings (SSSR count). The summed E-state index contributed by atoms with van der Waals surface area (Å²) < 4.78 is 34.9. The van der Waals surface area contributed by atoms with Crippen LogP contribution in [0.5, 0.6) is 0 Å². The minimum absolute atomic E-state index is 0.0560. The number of hydrogen-bond donors (Lipinski definition) is 1. The molecule has 8 heteroatoms. The number of ether oxygens (including phenoxy) is 1. The second-order valence-electron chi connectivity index (χ2n) is 7.23. The molecule has 0 aliphatic carbocycles. The molecule has 1 heterocycles. The van der Waals surface area contributed by atoms with E-state index in [0.29, 0.717) is 0 Å². The second kappa shape index (κ2) is 7.31. The van der Waals surface area contributed by atoms with Gasteiger partial charge in [0.2, 0.25) is 0 Å². The lowest BCUT2D eigenvalue weighted by Gasteiger charge is -2.28. The predicted molar refractivity (Wildman–Crippen MR) is 91.7 cm³/mol. The summed E-state index contributed by atoms with van der Waals surface area (Å²) in [6.07, 6.45) is -1.09. The molecule has 0 aromatic heterocycles. The summed E-state index contributed by atoms with van der Waals surface area (Å²) >= 11 is 0. The Morgan fingerprint density at radius 2 is 1.88 bits per heavy atom. The Bertz CT molecular complexity index is 708. The van der Waals surface area contributed by atoms with Crippen LogP contribution < -0.4 is 0 Å². The minimum atomic E-state index is -3.93. The van der Waals surface area contributed by atoms with Gasteiger partial charge in [0, 0.05) is 0 Å². The maximum atomic E-state index is 12.3. The van der Waals surface area contributed by atoms with Crippen LogP contribution in [0.4, 0.5) is 4.79 Å². The van der Waals surface area contributed by atoms with Crippen molar-refractivity contribution in [2.45, 2.75) is 56.8 Å². The van der Waals surface area contributed by atoms with Crippen molar-refractivity contribution in [2.24, 2.45) is 0 Å². The van der Waals surface area contributed by atoms with Gasteiger partial charge < -0.3 is 14.7 Å². The molecule has 0 spiro atoms. The van der Waals surface area contributed by atoms with Gasteiger partial charge in [0.15, 0.2) is 0 Å². The van der Waals surface area contributed by atoms with Gasteiger partial charge in [-0.1, -0.05) is 17.7 Å². The molecule has 1 amide bonds. The van der Waals surface area contributed by atoms with E-state index in [1.165, 1.54) is 17.0 Å². The quantitative estimate of drug-likeness (QED) is 0.815. The Labute approximate surface area is 148 Å². The van der Waals surface area contributed by atoms with Gasteiger partial charge in [0.05, 0.1) is 30.2 Å². The highest BCUT2D eigenvalue weighted by Gasteiger charge is 2.37. The van der Waals surface area contributed by atoms with Crippen molar-refractivity contribution < 1.29 is 27.2 Å². The van der Waals surface area contributed by atoms with E-state index < -0.39 is 34.0 Å². The zero-order valence-electron chi connectivity index (χ0n) is 14.9. The van der Waals surface area contributed by atoms with Gasteiger partial charge in [-0.3, -0.25) is 4.18 Å². The number of likely N-dealkylation sites (tertiary alicyclic amines) is 1. The molecule has 1 aromatic carbocycles. The van der Waals surface area contributed by atoms with Crippen LogP contribution >= 0.6 is 0 Å². The van der Waals surface area contributed by atoms with E-state index in [-0.39, 0.29) is 24.5 Å². The number of carbonyl (C=O) groups is 1. The standard InChI is InChI=1S/C17H25NO6S/c1-12-5-7-15(8-6-12)25(21,22)23-11-13-9-14(19)10-18(13)16(20)24-17(2,3)4/h5-8,13-14,19H,9-11H2,1-4H3/t13-,14+/m0/s1. The van der Waals surface area contributed by atoms with Crippen molar-refractivity contribution >= 4 is 16.2 Å². The van der Waals surface area contributed by atoms with Gasteiger partial charge in [0.1, 0.15) is 5.60 Å². The number of amides is 1. The van der Waals surface area contributed by atoms with Crippen LogP contribution in [0.2, 0.25) is 0 Å². The molecular weight excluding hydrogens is 346 g/mol. The highest BCUT2D eigenvalue weighted by atomic mass is 32.2. The monoisotopic (exact) mass is 371 g/mol. The van der Waals surface area contributed by atoms with Gasteiger partial charge in [0.25, 0.3) is 10.1 Å². The summed E-state index contributed by atoms with van der Waals surface area (Å²) in [7, 11) is -3.93. The fraction of sp³-hybridized carbons (Fsp3) is 0.588. The summed E-state index contributed by atoms with van der Waals surface area (Å²) in [5.74, 6) is 0. The van der Waals surface area contributed by atoms with Crippen LogP contribution in [0.1, 0.15) is 32.8 Å². The van der Waals surface area contributed by atoms with E-state index in [1.54, 1.807) is 32.9 Å². The molecule has 1 aliphatic rings. The smallest absolute Gasteiger partial charge is 0.410 e. The molecule has 7 nitrogen and oxygen atoms in total. The van der Waals surface area contributed by atoms with Crippen molar-refractivity contribution in [1.82, 2.24) is 4.90 Å². The Balaban J connectivity index is 2.04. The Kier molecular flexibility index (Phi) is 5.75. The number of rotatable bonds is 4. The average molecular weight is 371 g/mol. The highest BCUT2D eigenvalue weighted by molar-refractivity contribution is 7.86. The molecule has 1 N–H and O–H groups in total. The van der Waals surface area contributed by atoms with Gasteiger partial charge in [-0.2, -0.15) is 8.42 Å². The van der Waals surface area contributed by atoms with E-state index in [0.717, 1.165) is 5.56 Å². The SMILES string of the molecule is Cc1ccc(S(=O)(=O)OC[C@@H]2C[C@@H](O)CN2C(=O)OC(C)(C)C)cc1. The zero-order chi connectivity index (χ0) is 18.8. The molecule has 0 unspecified atom stereocenters. The van der Waals surface area contributed by atoms with Gasteiger partial charge in [-0.15, -0.1) is 0 Å². The third-order valence-electron chi connectivity index (χ3n) is 3.75. The number of aryl methyl sites for hydroxylation is 1. The summed E-state index contributed by atoms with van der Waals surface area (Å²) in [6, 6.07) is 5.75. The number of nitrogens with zero attached hydrogens (tertiary/aromatic N) is 1. The number of aliphatic hydroxyl groups excluding tert-OH is 1. The molecule has 0 radical (unpaired) electrons. The first-order valence-corrected chi connectivity index (χ1v) is 9.52. The number of benzene rings is 1. The maximum absolute atomic E-state index is 12.3. The first-order valence-electron chi connectivity index (χ1n) is 8.12. The van der Waals surface area contributed by atoms with Crippen LogP contribution in [0.15, 0.2) is 29.2 Å². The highest BCUT2D eigenvalue weighted by Crippen LogP contribution is 2.23. The molecule has 140 valence electrons. The maximum Gasteiger partial charge on any atom is 0.410 e. The summed E-state index contributed by atoms with van der Waals surface area (Å²) in [5, 5.41) is 9.84. The van der Waals surface area contributed by atoms with E-state index in [4.69, 9.17) is 8.92 Å².